The molecule has 0 heterocycles. The van der Waals surface area contributed by atoms with E-state index in [1.807, 2.05) is 0 Å². The summed E-state index contributed by atoms with van der Waals surface area (Å²) in [6, 6.07) is 1.79. The smallest absolute Gasteiger partial charge is 0.332 e. The molecule has 0 aliphatic heterocycles. The van der Waals surface area contributed by atoms with Crippen LogP contribution in [0.3, 0.4) is 0 Å². The van der Waals surface area contributed by atoms with Gasteiger partial charge in [-0.15, -0.1) is 0 Å². The largest absolute Gasteiger partial charge is 0.411 e. The van der Waals surface area contributed by atoms with Crippen molar-refractivity contribution in [1.82, 2.24) is 0 Å². The highest BCUT2D eigenvalue weighted by Gasteiger charge is 2.27. The zero-order chi connectivity index (χ0) is 22.3. The van der Waals surface area contributed by atoms with Crippen LogP contribution in [0.15, 0.2) is 0 Å². The normalized spacial score (nSPS) is 13.1. The van der Waals surface area contributed by atoms with E-state index in [1.54, 1.807) is 0 Å². The molecule has 4 heteroatoms. The Morgan fingerprint density at radius 3 is 1.27 bits per heavy atom. The van der Waals surface area contributed by atoms with Gasteiger partial charge in [0.2, 0.25) is 0 Å². The van der Waals surface area contributed by atoms with Crippen molar-refractivity contribution < 1.29 is 9.59 Å². The van der Waals surface area contributed by atoms with Gasteiger partial charge in [-0.3, -0.25) is 0 Å². The number of hydrogen-bond donors (Lipinski definition) is 3. The molecule has 1 unspecified atom stereocenters. The van der Waals surface area contributed by atoms with Gasteiger partial charge < -0.3 is 15.3 Å². The number of hydrogen-bond acceptors (Lipinski definition) is 3. The second kappa shape index (κ2) is 22.3. The van der Waals surface area contributed by atoms with E-state index in [0.717, 1.165) is 12.8 Å². The molecule has 0 rings (SSSR count). The molecule has 0 aromatic carbocycles. The van der Waals surface area contributed by atoms with E-state index in [1.165, 1.54) is 122 Å². The van der Waals surface area contributed by atoms with Crippen molar-refractivity contribution in [2.45, 2.75) is 167 Å². The fraction of sp³-hybridized carbons (Fsp3) is 1.00. The van der Waals surface area contributed by atoms with Gasteiger partial charge in [0.25, 0.3) is 0 Å². The molecule has 30 heavy (non-hydrogen) atoms. The van der Waals surface area contributed by atoms with Crippen molar-refractivity contribution in [3.05, 3.63) is 0 Å². The summed E-state index contributed by atoms with van der Waals surface area (Å²) >= 11 is 0. The molecule has 0 fully saturated rings. The lowest BCUT2D eigenvalue weighted by molar-refractivity contribution is 0.350. The van der Waals surface area contributed by atoms with Crippen LogP contribution in [0.2, 0.25) is 12.1 Å². The molecule has 182 valence electrons. The van der Waals surface area contributed by atoms with Gasteiger partial charge in [-0.1, -0.05) is 136 Å². The molecule has 0 aliphatic carbocycles. The second-order valence-electron chi connectivity index (χ2n) is 9.83. The Balaban J connectivity index is 3.34. The molecule has 0 aromatic rings. The first-order chi connectivity index (χ1) is 14.5. The highest BCUT2D eigenvalue weighted by Crippen LogP contribution is 2.20. The van der Waals surface area contributed by atoms with Crippen LogP contribution in [0.5, 0.6) is 0 Å². The van der Waals surface area contributed by atoms with Crippen LogP contribution in [-0.2, 0) is 0 Å². The van der Waals surface area contributed by atoms with E-state index in [0.29, 0.717) is 18.1 Å². The standard InChI is InChI=1S/C26H57NO2Si/c1-3-5-7-8-9-14-17-20-24-30(28,29)25-21-18-15-12-10-11-13-16-19-23-26(27)22-6-4-2/h26,28-29H,3-25,27H2,1-2H3. The molecule has 0 radical (unpaired) electrons. The summed E-state index contributed by atoms with van der Waals surface area (Å²) in [5.41, 5.74) is 6.13. The van der Waals surface area contributed by atoms with Crippen molar-refractivity contribution in [2.75, 3.05) is 0 Å². The third-order valence-corrected chi connectivity index (χ3v) is 8.82. The van der Waals surface area contributed by atoms with E-state index >= 15 is 0 Å². The summed E-state index contributed by atoms with van der Waals surface area (Å²) in [6.45, 7) is 4.48. The van der Waals surface area contributed by atoms with Crippen LogP contribution < -0.4 is 5.73 Å². The molecule has 0 aromatic heterocycles. The molecule has 3 nitrogen and oxygen atoms in total. The van der Waals surface area contributed by atoms with E-state index in [9.17, 15) is 9.59 Å². The lowest BCUT2D eigenvalue weighted by Crippen LogP contribution is -2.33. The Labute approximate surface area is 190 Å². The molecule has 0 bridgehead atoms. The molecule has 0 amide bonds. The molecule has 0 saturated heterocycles. The molecular formula is C26H57NO2Si. The van der Waals surface area contributed by atoms with Crippen LogP contribution >= 0.6 is 0 Å². The van der Waals surface area contributed by atoms with Gasteiger partial charge in [-0.25, -0.2) is 0 Å². The van der Waals surface area contributed by atoms with E-state index in [-0.39, 0.29) is 0 Å². The minimum absolute atomic E-state index is 0.425. The van der Waals surface area contributed by atoms with Gasteiger partial charge in [-0.2, -0.15) is 0 Å². The first-order valence-electron chi connectivity index (χ1n) is 13.7. The fourth-order valence-corrected chi connectivity index (χ4v) is 6.21. The first kappa shape index (κ1) is 30.1. The average molecular weight is 444 g/mol. The minimum atomic E-state index is -2.90. The number of unbranched alkanes of at least 4 members (excludes halogenated alkanes) is 16. The Bertz CT molecular complexity index is 339. The van der Waals surface area contributed by atoms with Gasteiger partial charge >= 0.3 is 8.56 Å². The fourth-order valence-electron chi connectivity index (χ4n) is 4.33. The molecule has 4 N–H and O–H groups in total. The van der Waals surface area contributed by atoms with Gasteiger partial charge in [0.1, 0.15) is 0 Å². The number of nitrogens with two attached hydrogens (primary N) is 1. The Hall–Kier alpha value is 0.0969. The van der Waals surface area contributed by atoms with Gasteiger partial charge in [0, 0.05) is 6.04 Å². The summed E-state index contributed by atoms with van der Waals surface area (Å²) < 4.78 is 0. The highest BCUT2D eigenvalue weighted by atomic mass is 28.4. The van der Waals surface area contributed by atoms with Gasteiger partial charge in [-0.05, 0) is 24.9 Å². The summed E-state index contributed by atoms with van der Waals surface area (Å²) in [7, 11) is -2.90. The van der Waals surface area contributed by atoms with Crippen LogP contribution in [0.25, 0.3) is 0 Å². The van der Waals surface area contributed by atoms with Crippen LogP contribution in [0, 0.1) is 0 Å². The summed E-state index contributed by atoms with van der Waals surface area (Å²) in [5.74, 6) is 0. The zero-order valence-corrected chi connectivity index (χ0v) is 21.8. The predicted molar refractivity (Wildman–Crippen MR) is 136 cm³/mol. The lowest BCUT2D eigenvalue weighted by atomic mass is 10.0. The van der Waals surface area contributed by atoms with E-state index in [2.05, 4.69) is 13.8 Å². The molecule has 0 spiro atoms. The van der Waals surface area contributed by atoms with Crippen molar-refractivity contribution in [1.29, 1.82) is 0 Å². The quantitative estimate of drug-likeness (QED) is 0.105. The second-order valence-corrected chi connectivity index (χ2v) is 12.8. The topological polar surface area (TPSA) is 66.5 Å². The SMILES string of the molecule is CCCCCCCCCC[Si](O)(O)CCCCCCCCCCCC(N)CCCC. The molecular weight excluding hydrogens is 386 g/mol. The maximum absolute atomic E-state index is 10.3. The maximum atomic E-state index is 10.3. The Kier molecular flexibility index (Phi) is 22.4. The lowest BCUT2D eigenvalue weighted by Gasteiger charge is -2.17. The zero-order valence-electron chi connectivity index (χ0n) is 20.8. The van der Waals surface area contributed by atoms with Crippen molar-refractivity contribution in [3.63, 3.8) is 0 Å². The minimum Gasteiger partial charge on any atom is -0.411 e. The van der Waals surface area contributed by atoms with Crippen molar-refractivity contribution in [2.24, 2.45) is 5.73 Å². The molecule has 0 aliphatic rings. The monoisotopic (exact) mass is 443 g/mol. The van der Waals surface area contributed by atoms with E-state index in [4.69, 9.17) is 5.73 Å². The van der Waals surface area contributed by atoms with E-state index < -0.39 is 8.56 Å². The summed E-state index contributed by atoms with van der Waals surface area (Å²) in [5, 5.41) is 0. The first-order valence-corrected chi connectivity index (χ1v) is 16.0. The van der Waals surface area contributed by atoms with Gasteiger partial charge in [0.05, 0.1) is 0 Å². The average Bonchev–Trinajstić information content (AvgIpc) is 2.72. The third kappa shape index (κ3) is 22.8. The van der Waals surface area contributed by atoms with Crippen LogP contribution in [0.1, 0.15) is 149 Å². The molecule has 0 saturated carbocycles. The van der Waals surface area contributed by atoms with Gasteiger partial charge in [0.15, 0.2) is 0 Å². The highest BCUT2D eigenvalue weighted by molar-refractivity contribution is 6.64. The van der Waals surface area contributed by atoms with Crippen LogP contribution in [-0.4, -0.2) is 24.2 Å². The molecule has 1 atom stereocenters. The Morgan fingerprint density at radius 2 is 0.833 bits per heavy atom. The predicted octanol–water partition coefficient (Wildman–Crippen LogP) is 7.97. The summed E-state index contributed by atoms with van der Waals surface area (Å²) in [4.78, 5) is 20.6. The van der Waals surface area contributed by atoms with Crippen LogP contribution in [0.4, 0.5) is 0 Å². The summed E-state index contributed by atoms with van der Waals surface area (Å²) in [6.07, 6.45) is 26.5. The van der Waals surface area contributed by atoms with Crippen molar-refractivity contribution in [3.8, 4) is 0 Å². The number of rotatable bonds is 24. The Morgan fingerprint density at radius 1 is 0.500 bits per heavy atom. The third-order valence-electron chi connectivity index (χ3n) is 6.51. The maximum Gasteiger partial charge on any atom is 0.332 e. The van der Waals surface area contributed by atoms with Crippen molar-refractivity contribution >= 4 is 8.56 Å².